The molecule has 1 rings (SSSR count). The van der Waals surface area contributed by atoms with Crippen molar-refractivity contribution in [2.45, 2.75) is 12.8 Å². The fraction of sp³-hybridized carbons (Fsp3) is 0.333. The molecule has 0 saturated carbocycles. The van der Waals surface area contributed by atoms with Crippen molar-refractivity contribution < 1.29 is 29.3 Å². The highest BCUT2D eigenvalue weighted by Gasteiger charge is 2.16. The number of ether oxygens (including phenoxy) is 2. The lowest BCUT2D eigenvalue weighted by molar-refractivity contribution is -0.136. The van der Waals surface area contributed by atoms with E-state index in [9.17, 15) is 14.7 Å². The van der Waals surface area contributed by atoms with Gasteiger partial charge in [-0.2, -0.15) is 0 Å². The third-order valence-corrected chi connectivity index (χ3v) is 2.41. The molecule has 0 saturated heterocycles. The molecule has 1 aromatic carbocycles. The summed E-state index contributed by atoms with van der Waals surface area (Å²) in [5, 5.41) is 18.3. The Bertz CT molecular complexity index is 466. The molecule has 0 amide bonds. The zero-order valence-electron chi connectivity index (χ0n) is 10.1. The minimum absolute atomic E-state index is 0.0151. The smallest absolute Gasteiger partial charge is 0.341 e. The van der Waals surface area contributed by atoms with E-state index >= 15 is 0 Å². The van der Waals surface area contributed by atoms with Gasteiger partial charge in [-0.15, -0.1) is 0 Å². The molecule has 2 N–H and O–H groups in total. The number of carbonyl (C=O) groups excluding carboxylic acids is 1. The van der Waals surface area contributed by atoms with Crippen LogP contribution < -0.4 is 4.74 Å². The van der Waals surface area contributed by atoms with Crippen molar-refractivity contribution in [3.63, 3.8) is 0 Å². The number of aliphatic carboxylic acids is 1. The fourth-order valence-corrected chi connectivity index (χ4v) is 1.51. The maximum Gasteiger partial charge on any atom is 0.341 e. The highest BCUT2D eigenvalue weighted by molar-refractivity contribution is 5.93. The maximum atomic E-state index is 11.4. The number of carbonyl (C=O) groups is 2. The first kappa shape index (κ1) is 13.8. The Hall–Kier alpha value is -2.24. The Morgan fingerprint density at radius 1 is 1.28 bits per heavy atom. The number of esters is 1. The molecular weight excluding hydrogens is 240 g/mol. The van der Waals surface area contributed by atoms with Gasteiger partial charge in [-0.1, -0.05) is 0 Å². The van der Waals surface area contributed by atoms with Crippen LogP contribution in [0.15, 0.2) is 12.1 Å². The summed E-state index contributed by atoms with van der Waals surface area (Å²) >= 11 is 0. The molecule has 0 aromatic heterocycles. The molecular formula is C12H14O6. The van der Waals surface area contributed by atoms with Gasteiger partial charge in [0.15, 0.2) is 0 Å². The summed E-state index contributed by atoms with van der Waals surface area (Å²) in [5.74, 6) is -1.57. The van der Waals surface area contributed by atoms with E-state index in [2.05, 4.69) is 4.74 Å². The van der Waals surface area contributed by atoms with E-state index < -0.39 is 11.9 Å². The van der Waals surface area contributed by atoms with Crippen LogP contribution in [0.25, 0.3) is 0 Å². The van der Waals surface area contributed by atoms with Gasteiger partial charge in [0.05, 0.1) is 14.2 Å². The fourth-order valence-electron chi connectivity index (χ4n) is 1.51. The number of phenolic OH excluding ortho intramolecular Hbond substituents is 1. The number of aromatic hydroxyl groups is 1. The normalized spacial score (nSPS) is 9.89. The van der Waals surface area contributed by atoms with Crippen molar-refractivity contribution >= 4 is 11.9 Å². The molecule has 0 aliphatic rings. The van der Waals surface area contributed by atoms with Crippen LogP contribution in [-0.2, 0) is 16.0 Å². The van der Waals surface area contributed by atoms with Crippen LogP contribution in [0.1, 0.15) is 22.3 Å². The molecule has 6 nitrogen and oxygen atoms in total. The highest BCUT2D eigenvalue weighted by atomic mass is 16.5. The van der Waals surface area contributed by atoms with Crippen molar-refractivity contribution in [1.29, 1.82) is 0 Å². The van der Waals surface area contributed by atoms with E-state index in [1.54, 1.807) is 0 Å². The second-order valence-corrected chi connectivity index (χ2v) is 3.57. The highest BCUT2D eigenvalue weighted by Crippen LogP contribution is 2.29. The molecule has 0 bridgehead atoms. The first-order chi connectivity index (χ1) is 8.49. The van der Waals surface area contributed by atoms with Crippen LogP contribution in [0.3, 0.4) is 0 Å². The van der Waals surface area contributed by atoms with Crippen LogP contribution in [-0.4, -0.2) is 36.4 Å². The van der Waals surface area contributed by atoms with E-state index in [0.29, 0.717) is 11.3 Å². The Morgan fingerprint density at radius 3 is 2.44 bits per heavy atom. The summed E-state index contributed by atoms with van der Waals surface area (Å²) in [7, 11) is 2.60. The standard InChI is InChI=1S/C12H14O6/c1-17-10-6-9(13)8(12(16)18-2)5-7(10)3-4-11(14)15/h5-6,13H,3-4H2,1-2H3,(H,14,15). The largest absolute Gasteiger partial charge is 0.507 e. The van der Waals surface area contributed by atoms with Gasteiger partial charge in [0.25, 0.3) is 0 Å². The zero-order valence-corrected chi connectivity index (χ0v) is 10.1. The Balaban J connectivity index is 3.13. The summed E-state index contributed by atoms with van der Waals surface area (Å²) in [6.07, 6.45) is 0.102. The molecule has 0 heterocycles. The summed E-state index contributed by atoms with van der Waals surface area (Å²) in [6, 6.07) is 2.65. The minimum atomic E-state index is -0.954. The number of carboxylic acids is 1. The summed E-state index contributed by atoms with van der Waals surface area (Å²) < 4.78 is 9.54. The van der Waals surface area contributed by atoms with Gasteiger partial charge in [-0.25, -0.2) is 4.79 Å². The lowest BCUT2D eigenvalue weighted by Gasteiger charge is -2.11. The average Bonchev–Trinajstić information content (AvgIpc) is 2.35. The first-order valence-corrected chi connectivity index (χ1v) is 5.19. The lowest BCUT2D eigenvalue weighted by Crippen LogP contribution is -2.05. The number of hydrogen-bond acceptors (Lipinski definition) is 5. The number of carboxylic acid groups (broad SMARTS) is 1. The lowest BCUT2D eigenvalue weighted by atomic mass is 10.0. The van der Waals surface area contributed by atoms with Crippen LogP contribution in [0.5, 0.6) is 11.5 Å². The van der Waals surface area contributed by atoms with Crippen molar-refractivity contribution in [2.24, 2.45) is 0 Å². The zero-order chi connectivity index (χ0) is 13.7. The molecule has 0 spiro atoms. The van der Waals surface area contributed by atoms with Gasteiger partial charge in [0, 0.05) is 12.5 Å². The van der Waals surface area contributed by atoms with Gasteiger partial charge in [-0.05, 0) is 18.1 Å². The van der Waals surface area contributed by atoms with Gasteiger partial charge in [-0.3, -0.25) is 4.79 Å². The Kier molecular flexibility index (Phi) is 4.53. The average molecular weight is 254 g/mol. The monoisotopic (exact) mass is 254 g/mol. The second kappa shape index (κ2) is 5.90. The van der Waals surface area contributed by atoms with Crippen molar-refractivity contribution in [1.82, 2.24) is 0 Å². The van der Waals surface area contributed by atoms with E-state index in [4.69, 9.17) is 9.84 Å². The predicted molar refractivity (Wildman–Crippen MR) is 62.0 cm³/mol. The number of rotatable bonds is 5. The second-order valence-electron chi connectivity index (χ2n) is 3.57. The van der Waals surface area contributed by atoms with Gasteiger partial charge >= 0.3 is 11.9 Å². The first-order valence-electron chi connectivity index (χ1n) is 5.19. The van der Waals surface area contributed by atoms with Gasteiger partial charge in [0.1, 0.15) is 17.1 Å². The SMILES string of the molecule is COC(=O)c1cc(CCC(=O)O)c(OC)cc1O. The molecule has 0 radical (unpaired) electrons. The van der Waals surface area contributed by atoms with E-state index in [1.807, 2.05) is 0 Å². The van der Waals surface area contributed by atoms with Crippen molar-refractivity contribution in [3.05, 3.63) is 23.3 Å². The van der Waals surface area contributed by atoms with Crippen LogP contribution >= 0.6 is 0 Å². The number of benzene rings is 1. The molecule has 0 aliphatic carbocycles. The Labute approximate surface area is 104 Å². The summed E-state index contributed by atoms with van der Waals surface area (Å²) in [5.41, 5.74) is 0.511. The molecule has 1 aromatic rings. The summed E-state index contributed by atoms with van der Waals surface area (Å²) in [4.78, 5) is 21.9. The van der Waals surface area contributed by atoms with Gasteiger partial charge < -0.3 is 19.7 Å². The van der Waals surface area contributed by atoms with Crippen LogP contribution in [0.4, 0.5) is 0 Å². The maximum absolute atomic E-state index is 11.4. The van der Waals surface area contributed by atoms with Crippen molar-refractivity contribution in [3.8, 4) is 11.5 Å². The van der Waals surface area contributed by atoms with E-state index in [-0.39, 0.29) is 24.2 Å². The Morgan fingerprint density at radius 2 is 1.94 bits per heavy atom. The molecule has 18 heavy (non-hydrogen) atoms. The molecule has 0 fully saturated rings. The third-order valence-electron chi connectivity index (χ3n) is 2.41. The molecule has 0 atom stereocenters. The molecule has 0 aliphatic heterocycles. The third kappa shape index (κ3) is 3.13. The number of hydrogen-bond donors (Lipinski definition) is 2. The molecule has 6 heteroatoms. The molecule has 0 unspecified atom stereocenters. The number of methoxy groups -OCH3 is 2. The van der Waals surface area contributed by atoms with Gasteiger partial charge in [0.2, 0.25) is 0 Å². The number of aryl methyl sites for hydroxylation is 1. The van der Waals surface area contributed by atoms with Crippen molar-refractivity contribution in [2.75, 3.05) is 14.2 Å². The molecule has 98 valence electrons. The predicted octanol–water partition coefficient (Wildman–Crippen LogP) is 1.20. The quantitative estimate of drug-likeness (QED) is 0.767. The van der Waals surface area contributed by atoms with E-state index in [0.717, 1.165) is 0 Å². The van der Waals surface area contributed by atoms with Crippen LogP contribution in [0.2, 0.25) is 0 Å². The minimum Gasteiger partial charge on any atom is -0.507 e. The van der Waals surface area contributed by atoms with Crippen LogP contribution in [0, 0.1) is 0 Å². The van der Waals surface area contributed by atoms with E-state index in [1.165, 1.54) is 26.4 Å². The topological polar surface area (TPSA) is 93.1 Å². The number of phenols is 1. The summed E-state index contributed by atoms with van der Waals surface area (Å²) in [6.45, 7) is 0.